The Balaban J connectivity index is 1.89. The second-order valence-electron chi connectivity index (χ2n) is 5.28. The normalized spacial score (nSPS) is 10.4. The Morgan fingerprint density at radius 1 is 0.917 bits per heavy atom. The van der Waals surface area contributed by atoms with Crippen LogP contribution in [0.1, 0.15) is 15.9 Å². The van der Waals surface area contributed by atoms with E-state index in [2.05, 4.69) is 18.2 Å². The summed E-state index contributed by atoms with van der Waals surface area (Å²) in [5, 5.41) is 2.30. The van der Waals surface area contributed by atoms with Gasteiger partial charge in [-0.2, -0.15) is 0 Å². The molecule has 0 amide bonds. The van der Waals surface area contributed by atoms with Crippen LogP contribution in [-0.4, -0.2) is 20.2 Å². The molecule has 0 N–H and O–H groups in total. The summed E-state index contributed by atoms with van der Waals surface area (Å²) < 4.78 is 16.0. The molecule has 4 heteroatoms. The number of methoxy groups -OCH3 is 2. The molecule has 122 valence electrons. The van der Waals surface area contributed by atoms with E-state index in [0.29, 0.717) is 23.7 Å². The minimum absolute atomic E-state index is 0.377. The molecule has 0 aromatic heterocycles. The van der Waals surface area contributed by atoms with Crippen LogP contribution in [0.2, 0.25) is 0 Å². The van der Waals surface area contributed by atoms with Gasteiger partial charge in [0.1, 0.15) is 6.61 Å². The summed E-state index contributed by atoms with van der Waals surface area (Å²) in [6.07, 6.45) is 0. The molecular formula is C20H18O4. The number of carbonyl (C=O) groups excluding carboxylic acids is 1. The summed E-state index contributed by atoms with van der Waals surface area (Å²) >= 11 is 0. The summed E-state index contributed by atoms with van der Waals surface area (Å²) in [5.74, 6) is 0.670. The van der Waals surface area contributed by atoms with Crippen molar-refractivity contribution in [2.24, 2.45) is 0 Å². The number of benzene rings is 3. The van der Waals surface area contributed by atoms with Crippen molar-refractivity contribution in [1.82, 2.24) is 0 Å². The maximum Gasteiger partial charge on any atom is 0.337 e. The van der Waals surface area contributed by atoms with Crippen molar-refractivity contribution in [3.05, 3.63) is 71.8 Å². The van der Waals surface area contributed by atoms with Gasteiger partial charge >= 0.3 is 5.97 Å². The van der Waals surface area contributed by atoms with Crippen LogP contribution >= 0.6 is 0 Å². The van der Waals surface area contributed by atoms with Crippen LogP contribution in [0, 0.1) is 0 Å². The molecule has 0 aliphatic carbocycles. The zero-order valence-corrected chi connectivity index (χ0v) is 13.6. The molecule has 3 aromatic carbocycles. The van der Waals surface area contributed by atoms with E-state index in [9.17, 15) is 4.79 Å². The van der Waals surface area contributed by atoms with Gasteiger partial charge in [-0.05, 0) is 34.5 Å². The van der Waals surface area contributed by atoms with Gasteiger partial charge in [0.05, 0.1) is 19.8 Å². The molecule has 0 spiro atoms. The second-order valence-corrected chi connectivity index (χ2v) is 5.28. The smallest absolute Gasteiger partial charge is 0.337 e. The molecule has 0 saturated heterocycles. The Kier molecular flexibility index (Phi) is 4.66. The van der Waals surface area contributed by atoms with Gasteiger partial charge in [0.15, 0.2) is 11.5 Å². The Hall–Kier alpha value is -3.01. The van der Waals surface area contributed by atoms with Gasteiger partial charge < -0.3 is 14.2 Å². The molecule has 0 saturated carbocycles. The number of hydrogen-bond donors (Lipinski definition) is 0. The zero-order valence-electron chi connectivity index (χ0n) is 13.6. The minimum atomic E-state index is -0.410. The van der Waals surface area contributed by atoms with Crippen LogP contribution in [0.3, 0.4) is 0 Å². The molecule has 4 nitrogen and oxygen atoms in total. The lowest BCUT2D eigenvalue weighted by atomic mass is 10.1. The van der Waals surface area contributed by atoms with Crippen molar-refractivity contribution in [1.29, 1.82) is 0 Å². The fraction of sp³-hybridized carbons (Fsp3) is 0.150. The topological polar surface area (TPSA) is 44.8 Å². The molecule has 0 atom stereocenters. The highest BCUT2D eigenvalue weighted by Gasteiger charge is 2.12. The molecule has 0 unspecified atom stereocenters. The highest BCUT2D eigenvalue weighted by Crippen LogP contribution is 2.30. The fourth-order valence-electron chi connectivity index (χ4n) is 2.61. The van der Waals surface area contributed by atoms with Crippen molar-refractivity contribution in [2.45, 2.75) is 6.61 Å². The quantitative estimate of drug-likeness (QED) is 0.660. The highest BCUT2D eigenvalue weighted by atomic mass is 16.5. The molecule has 0 heterocycles. The Morgan fingerprint density at radius 3 is 2.50 bits per heavy atom. The van der Waals surface area contributed by atoms with Crippen molar-refractivity contribution in [3.8, 4) is 11.5 Å². The van der Waals surface area contributed by atoms with Crippen molar-refractivity contribution in [2.75, 3.05) is 14.2 Å². The third-order valence-corrected chi connectivity index (χ3v) is 3.85. The lowest BCUT2D eigenvalue weighted by molar-refractivity contribution is 0.0600. The van der Waals surface area contributed by atoms with E-state index in [-0.39, 0.29) is 0 Å². The number of ether oxygens (including phenoxy) is 3. The maximum absolute atomic E-state index is 11.7. The van der Waals surface area contributed by atoms with Crippen LogP contribution in [-0.2, 0) is 11.3 Å². The van der Waals surface area contributed by atoms with E-state index in [1.54, 1.807) is 25.3 Å². The first kappa shape index (κ1) is 15.9. The molecule has 0 bridgehead atoms. The SMILES string of the molecule is COC(=O)c1ccc(OC)c(OCc2cccc3ccccc23)c1. The predicted octanol–water partition coefficient (Wildman–Crippen LogP) is 4.21. The van der Waals surface area contributed by atoms with Crippen LogP contribution in [0.15, 0.2) is 60.7 Å². The van der Waals surface area contributed by atoms with Gasteiger partial charge in [-0.25, -0.2) is 4.79 Å². The van der Waals surface area contributed by atoms with Crippen molar-refractivity contribution >= 4 is 16.7 Å². The summed E-state index contributed by atoms with van der Waals surface area (Å²) in [6, 6.07) is 19.2. The minimum Gasteiger partial charge on any atom is -0.493 e. The largest absolute Gasteiger partial charge is 0.493 e. The standard InChI is InChI=1S/C20H18O4/c1-22-18-11-10-15(20(21)23-2)12-19(18)24-13-16-8-5-7-14-6-3-4-9-17(14)16/h3-12H,13H2,1-2H3. The van der Waals surface area contributed by atoms with E-state index < -0.39 is 5.97 Å². The first-order chi connectivity index (χ1) is 11.7. The molecule has 24 heavy (non-hydrogen) atoms. The first-order valence-corrected chi connectivity index (χ1v) is 7.58. The van der Waals surface area contributed by atoms with E-state index in [1.807, 2.05) is 24.3 Å². The molecule has 0 aliphatic heterocycles. The van der Waals surface area contributed by atoms with Gasteiger partial charge in [-0.15, -0.1) is 0 Å². The fourth-order valence-corrected chi connectivity index (χ4v) is 2.61. The van der Waals surface area contributed by atoms with E-state index in [1.165, 1.54) is 7.11 Å². The summed E-state index contributed by atoms with van der Waals surface area (Å²) in [7, 11) is 2.92. The van der Waals surface area contributed by atoms with Crippen LogP contribution < -0.4 is 9.47 Å². The van der Waals surface area contributed by atoms with Crippen molar-refractivity contribution in [3.63, 3.8) is 0 Å². The van der Waals surface area contributed by atoms with Crippen LogP contribution in [0.5, 0.6) is 11.5 Å². The zero-order chi connectivity index (χ0) is 16.9. The monoisotopic (exact) mass is 322 g/mol. The maximum atomic E-state index is 11.7. The van der Waals surface area contributed by atoms with Crippen molar-refractivity contribution < 1.29 is 19.0 Å². The third-order valence-electron chi connectivity index (χ3n) is 3.85. The lowest BCUT2D eigenvalue weighted by Gasteiger charge is -2.13. The van der Waals surface area contributed by atoms with Gasteiger partial charge in [-0.1, -0.05) is 42.5 Å². The lowest BCUT2D eigenvalue weighted by Crippen LogP contribution is -2.03. The summed E-state index contributed by atoms with van der Waals surface area (Å²) in [4.78, 5) is 11.7. The second kappa shape index (κ2) is 7.04. The predicted molar refractivity (Wildman–Crippen MR) is 92.6 cm³/mol. The van der Waals surface area contributed by atoms with Gasteiger partial charge in [0, 0.05) is 0 Å². The molecule has 0 fully saturated rings. The first-order valence-electron chi connectivity index (χ1n) is 7.58. The average molecular weight is 322 g/mol. The number of fused-ring (bicyclic) bond motifs is 1. The molecule has 3 aromatic rings. The van der Waals surface area contributed by atoms with Crippen LogP contribution in [0.4, 0.5) is 0 Å². The van der Waals surface area contributed by atoms with E-state index in [0.717, 1.165) is 16.3 Å². The number of carbonyl (C=O) groups is 1. The Bertz CT molecular complexity index is 865. The van der Waals surface area contributed by atoms with Gasteiger partial charge in [-0.3, -0.25) is 0 Å². The van der Waals surface area contributed by atoms with Gasteiger partial charge in [0.2, 0.25) is 0 Å². The Labute approximate surface area is 140 Å². The van der Waals surface area contributed by atoms with E-state index >= 15 is 0 Å². The molecule has 3 rings (SSSR count). The number of rotatable bonds is 5. The third kappa shape index (κ3) is 3.18. The number of esters is 1. The summed E-state index contributed by atoms with van der Waals surface area (Å²) in [6.45, 7) is 0.377. The molecule has 0 radical (unpaired) electrons. The highest BCUT2D eigenvalue weighted by molar-refractivity contribution is 5.90. The average Bonchev–Trinajstić information content (AvgIpc) is 2.65. The molecule has 0 aliphatic rings. The van der Waals surface area contributed by atoms with E-state index in [4.69, 9.17) is 14.2 Å². The number of hydrogen-bond acceptors (Lipinski definition) is 4. The summed E-state index contributed by atoms with van der Waals surface area (Å²) in [5.41, 5.74) is 1.49. The van der Waals surface area contributed by atoms with Gasteiger partial charge in [0.25, 0.3) is 0 Å². The molecular weight excluding hydrogens is 304 g/mol. The Morgan fingerprint density at radius 2 is 1.71 bits per heavy atom. The van der Waals surface area contributed by atoms with Crippen LogP contribution in [0.25, 0.3) is 10.8 Å².